The van der Waals surface area contributed by atoms with Crippen molar-refractivity contribution in [3.8, 4) is 5.75 Å². The van der Waals surface area contributed by atoms with E-state index in [9.17, 15) is 0 Å². The van der Waals surface area contributed by atoms with Gasteiger partial charge >= 0.3 is 0 Å². The predicted molar refractivity (Wildman–Crippen MR) is 73.9 cm³/mol. The Morgan fingerprint density at radius 1 is 1.42 bits per heavy atom. The molecule has 2 rings (SSSR count). The van der Waals surface area contributed by atoms with Crippen molar-refractivity contribution in [3.63, 3.8) is 0 Å². The van der Waals surface area contributed by atoms with E-state index in [-0.39, 0.29) is 6.04 Å². The van der Waals surface area contributed by atoms with Crippen LogP contribution in [0, 0.1) is 6.92 Å². The number of nitrogens with zero attached hydrogens (tertiary/aromatic N) is 3. The van der Waals surface area contributed by atoms with Crippen molar-refractivity contribution in [2.75, 3.05) is 0 Å². The third-order valence-electron chi connectivity index (χ3n) is 2.85. The van der Waals surface area contributed by atoms with Crippen molar-refractivity contribution in [1.29, 1.82) is 0 Å². The third-order valence-corrected chi connectivity index (χ3v) is 2.85. The summed E-state index contributed by atoms with van der Waals surface area (Å²) in [6.45, 7) is 4.45. The summed E-state index contributed by atoms with van der Waals surface area (Å²) in [5, 5.41) is 7.90. The first kappa shape index (κ1) is 13.5. The number of aromatic nitrogens is 3. The van der Waals surface area contributed by atoms with E-state index in [2.05, 4.69) is 16.4 Å². The fourth-order valence-electron chi connectivity index (χ4n) is 2.03. The van der Waals surface area contributed by atoms with Crippen molar-refractivity contribution in [2.24, 2.45) is 12.8 Å². The Morgan fingerprint density at radius 3 is 2.84 bits per heavy atom. The Bertz CT molecular complexity index is 548. The lowest BCUT2D eigenvalue weighted by Gasteiger charge is -2.14. The highest BCUT2D eigenvalue weighted by molar-refractivity contribution is 5.41. The Hall–Kier alpha value is -1.88. The van der Waals surface area contributed by atoms with Crippen LogP contribution in [0.5, 0.6) is 5.75 Å². The monoisotopic (exact) mass is 260 g/mol. The van der Waals surface area contributed by atoms with E-state index in [1.165, 1.54) is 0 Å². The summed E-state index contributed by atoms with van der Waals surface area (Å²) in [5.74, 6) is 0.908. The second-order valence-electron chi connectivity index (χ2n) is 4.92. The van der Waals surface area contributed by atoms with Gasteiger partial charge in [0.25, 0.3) is 0 Å². The SMILES string of the molecule is Cc1cccc(CC(C)N)c1OCc1cn(C)nn1. The summed E-state index contributed by atoms with van der Waals surface area (Å²) in [5.41, 5.74) is 8.94. The molecule has 19 heavy (non-hydrogen) atoms. The van der Waals surface area contributed by atoms with Gasteiger partial charge in [0.05, 0.1) is 6.20 Å². The maximum atomic E-state index is 5.90. The molecule has 0 amide bonds. The van der Waals surface area contributed by atoms with E-state index in [4.69, 9.17) is 10.5 Å². The number of para-hydroxylation sites is 1. The average Bonchev–Trinajstić information content (AvgIpc) is 2.73. The van der Waals surface area contributed by atoms with Gasteiger partial charge in [0.2, 0.25) is 0 Å². The van der Waals surface area contributed by atoms with Gasteiger partial charge in [-0.15, -0.1) is 5.10 Å². The predicted octanol–water partition coefficient (Wildman–Crippen LogP) is 1.59. The third kappa shape index (κ3) is 3.54. The highest BCUT2D eigenvalue weighted by Crippen LogP contribution is 2.25. The quantitative estimate of drug-likeness (QED) is 0.886. The Balaban J connectivity index is 2.14. The molecule has 0 radical (unpaired) electrons. The summed E-state index contributed by atoms with van der Waals surface area (Å²) in [7, 11) is 1.84. The average molecular weight is 260 g/mol. The maximum Gasteiger partial charge on any atom is 0.134 e. The zero-order valence-corrected chi connectivity index (χ0v) is 11.6. The Kier molecular flexibility index (Phi) is 4.16. The fourth-order valence-corrected chi connectivity index (χ4v) is 2.03. The van der Waals surface area contributed by atoms with Crippen molar-refractivity contribution in [2.45, 2.75) is 32.9 Å². The largest absolute Gasteiger partial charge is 0.487 e. The molecule has 1 unspecified atom stereocenters. The van der Waals surface area contributed by atoms with E-state index in [1.54, 1.807) is 4.68 Å². The van der Waals surface area contributed by atoms with E-state index in [1.807, 2.05) is 39.2 Å². The Labute approximate surface area is 113 Å². The van der Waals surface area contributed by atoms with Crippen molar-refractivity contribution >= 4 is 0 Å². The second-order valence-corrected chi connectivity index (χ2v) is 4.92. The highest BCUT2D eigenvalue weighted by Gasteiger charge is 2.10. The van der Waals surface area contributed by atoms with Crippen LogP contribution in [0.2, 0.25) is 0 Å². The van der Waals surface area contributed by atoms with Gasteiger partial charge in [-0.1, -0.05) is 23.4 Å². The van der Waals surface area contributed by atoms with Crippen LogP contribution in [0.15, 0.2) is 24.4 Å². The minimum atomic E-state index is 0.112. The van der Waals surface area contributed by atoms with Crippen LogP contribution in [0.1, 0.15) is 23.7 Å². The van der Waals surface area contributed by atoms with Gasteiger partial charge in [0, 0.05) is 13.1 Å². The molecule has 0 aliphatic carbocycles. The molecule has 5 heteroatoms. The number of ether oxygens (including phenoxy) is 1. The number of nitrogens with two attached hydrogens (primary N) is 1. The number of rotatable bonds is 5. The molecule has 0 spiro atoms. The molecule has 102 valence electrons. The van der Waals surface area contributed by atoms with Crippen LogP contribution in [-0.4, -0.2) is 21.0 Å². The maximum absolute atomic E-state index is 5.90. The first-order valence-electron chi connectivity index (χ1n) is 6.38. The molecule has 0 saturated carbocycles. The topological polar surface area (TPSA) is 66.0 Å². The molecule has 1 atom stereocenters. The van der Waals surface area contributed by atoms with Gasteiger partial charge in [0.1, 0.15) is 18.1 Å². The van der Waals surface area contributed by atoms with Gasteiger partial charge in [-0.25, -0.2) is 0 Å². The lowest BCUT2D eigenvalue weighted by atomic mass is 10.0. The summed E-state index contributed by atoms with van der Waals surface area (Å²) in [6.07, 6.45) is 2.65. The zero-order valence-electron chi connectivity index (χ0n) is 11.6. The molecule has 2 N–H and O–H groups in total. The van der Waals surface area contributed by atoms with Crippen LogP contribution < -0.4 is 10.5 Å². The van der Waals surface area contributed by atoms with Gasteiger partial charge in [-0.2, -0.15) is 0 Å². The van der Waals surface area contributed by atoms with Crippen LogP contribution in [0.4, 0.5) is 0 Å². The van der Waals surface area contributed by atoms with Gasteiger partial charge < -0.3 is 10.5 Å². The number of aryl methyl sites for hydroxylation is 2. The number of hydrogen-bond donors (Lipinski definition) is 1. The minimum absolute atomic E-state index is 0.112. The Morgan fingerprint density at radius 2 is 2.21 bits per heavy atom. The van der Waals surface area contributed by atoms with Gasteiger partial charge in [-0.3, -0.25) is 4.68 Å². The van der Waals surface area contributed by atoms with Gasteiger partial charge in [-0.05, 0) is 31.4 Å². The van der Waals surface area contributed by atoms with E-state index < -0.39 is 0 Å². The summed E-state index contributed by atoms with van der Waals surface area (Å²) < 4.78 is 7.56. The molecule has 0 saturated heterocycles. The van der Waals surface area contributed by atoms with E-state index in [0.717, 1.165) is 29.0 Å². The summed E-state index contributed by atoms with van der Waals surface area (Å²) in [4.78, 5) is 0. The molecular formula is C14H20N4O. The molecule has 1 aromatic heterocycles. The highest BCUT2D eigenvalue weighted by atomic mass is 16.5. The molecule has 5 nitrogen and oxygen atoms in total. The first-order valence-corrected chi connectivity index (χ1v) is 6.38. The summed E-state index contributed by atoms with van der Waals surface area (Å²) in [6, 6.07) is 6.24. The molecule has 1 aromatic carbocycles. The zero-order chi connectivity index (χ0) is 13.8. The molecular weight excluding hydrogens is 240 g/mol. The smallest absolute Gasteiger partial charge is 0.134 e. The normalized spacial score (nSPS) is 12.4. The van der Waals surface area contributed by atoms with Crippen LogP contribution in [-0.2, 0) is 20.1 Å². The molecule has 0 aliphatic heterocycles. The van der Waals surface area contributed by atoms with Crippen molar-refractivity contribution in [1.82, 2.24) is 15.0 Å². The lowest BCUT2D eigenvalue weighted by Crippen LogP contribution is -2.18. The fraction of sp³-hybridized carbons (Fsp3) is 0.429. The molecule has 0 fully saturated rings. The number of hydrogen-bond acceptors (Lipinski definition) is 4. The molecule has 1 heterocycles. The molecule has 0 bridgehead atoms. The molecule has 0 aliphatic rings. The standard InChI is InChI=1S/C14H20N4O/c1-10-5-4-6-12(7-11(2)15)14(10)19-9-13-8-18(3)17-16-13/h4-6,8,11H,7,9,15H2,1-3H3. The van der Waals surface area contributed by atoms with Gasteiger partial charge in [0.15, 0.2) is 0 Å². The lowest BCUT2D eigenvalue weighted by molar-refractivity contribution is 0.295. The van der Waals surface area contributed by atoms with Crippen molar-refractivity contribution in [3.05, 3.63) is 41.2 Å². The first-order chi connectivity index (χ1) is 9.06. The van der Waals surface area contributed by atoms with E-state index in [0.29, 0.717) is 6.61 Å². The number of benzene rings is 1. The van der Waals surface area contributed by atoms with Crippen molar-refractivity contribution < 1.29 is 4.74 Å². The second kappa shape index (κ2) is 5.84. The minimum Gasteiger partial charge on any atom is -0.487 e. The summed E-state index contributed by atoms with van der Waals surface area (Å²) >= 11 is 0. The van der Waals surface area contributed by atoms with E-state index >= 15 is 0 Å². The molecule has 2 aromatic rings. The van der Waals surface area contributed by atoms with Crippen LogP contribution in [0.25, 0.3) is 0 Å². The van der Waals surface area contributed by atoms with Crippen LogP contribution >= 0.6 is 0 Å². The van der Waals surface area contributed by atoms with Crippen LogP contribution in [0.3, 0.4) is 0 Å².